The molecule has 0 spiro atoms. The lowest BCUT2D eigenvalue weighted by atomic mass is 10.0. The van der Waals surface area contributed by atoms with E-state index in [2.05, 4.69) is 9.88 Å². The van der Waals surface area contributed by atoms with E-state index >= 15 is 0 Å². The van der Waals surface area contributed by atoms with Crippen LogP contribution in [0.3, 0.4) is 0 Å². The highest BCUT2D eigenvalue weighted by molar-refractivity contribution is 5.09. The highest BCUT2D eigenvalue weighted by Crippen LogP contribution is 2.32. The summed E-state index contributed by atoms with van der Waals surface area (Å²) in [5.41, 5.74) is 2.32. The van der Waals surface area contributed by atoms with Crippen molar-refractivity contribution in [2.45, 2.75) is 44.2 Å². The normalized spacial score (nSPS) is 27.9. The Labute approximate surface area is 136 Å². The number of pyridine rings is 1. The van der Waals surface area contributed by atoms with E-state index in [1.54, 1.807) is 12.5 Å². The van der Waals surface area contributed by atoms with E-state index in [9.17, 15) is 0 Å². The van der Waals surface area contributed by atoms with Gasteiger partial charge in [-0.2, -0.15) is 0 Å². The lowest BCUT2D eigenvalue weighted by molar-refractivity contribution is -0.0819. The Morgan fingerprint density at radius 2 is 2.30 bits per heavy atom. The Hall–Kier alpha value is -1.69. The van der Waals surface area contributed by atoms with Crippen molar-refractivity contribution in [1.82, 2.24) is 9.88 Å². The largest absolute Gasteiger partial charge is 0.472 e. The summed E-state index contributed by atoms with van der Waals surface area (Å²) < 4.78 is 17.4. The van der Waals surface area contributed by atoms with Gasteiger partial charge in [0.15, 0.2) is 0 Å². The van der Waals surface area contributed by atoms with Gasteiger partial charge in [0.1, 0.15) is 6.10 Å². The molecule has 0 bridgehead atoms. The van der Waals surface area contributed by atoms with E-state index in [1.807, 2.05) is 30.7 Å². The number of fused-ring (bicyclic) bond motifs is 1. The summed E-state index contributed by atoms with van der Waals surface area (Å²) in [6, 6.07) is 6.46. The summed E-state index contributed by atoms with van der Waals surface area (Å²) in [5.74, 6) is 0. The van der Waals surface area contributed by atoms with Crippen molar-refractivity contribution in [3.05, 3.63) is 54.2 Å². The molecule has 0 aliphatic carbocycles. The minimum absolute atomic E-state index is 0.118. The fraction of sp³-hybridized carbons (Fsp3) is 0.500. The number of ether oxygens (including phenoxy) is 2. The van der Waals surface area contributed by atoms with Crippen LogP contribution in [-0.4, -0.2) is 41.3 Å². The van der Waals surface area contributed by atoms with Crippen molar-refractivity contribution in [3.63, 3.8) is 0 Å². The van der Waals surface area contributed by atoms with E-state index in [4.69, 9.17) is 13.9 Å². The maximum absolute atomic E-state index is 6.18. The van der Waals surface area contributed by atoms with Crippen molar-refractivity contribution >= 4 is 0 Å². The van der Waals surface area contributed by atoms with E-state index in [1.165, 1.54) is 12.0 Å². The van der Waals surface area contributed by atoms with Gasteiger partial charge in [0.05, 0.1) is 25.2 Å². The third-order valence-electron chi connectivity index (χ3n) is 4.74. The molecule has 23 heavy (non-hydrogen) atoms. The molecule has 0 aromatic carbocycles. The summed E-state index contributed by atoms with van der Waals surface area (Å²) in [6.07, 6.45) is 9.79. The van der Waals surface area contributed by atoms with Crippen LogP contribution < -0.4 is 0 Å². The second kappa shape index (κ2) is 6.83. The molecule has 2 saturated heterocycles. The van der Waals surface area contributed by atoms with Gasteiger partial charge >= 0.3 is 0 Å². The van der Waals surface area contributed by atoms with E-state index in [-0.39, 0.29) is 12.2 Å². The molecule has 0 N–H and O–H groups in total. The van der Waals surface area contributed by atoms with Gasteiger partial charge in [-0.25, -0.2) is 0 Å². The standard InChI is InChI=1S/C18H22N2O3/c1-3-14(9-19-6-1)13-23-17-11-20(10-15-5-8-21-12-15)16-4-2-7-22-18(16)17/h1,3,5-6,8-9,12,16-18H,2,4,7,10-11,13H2/t16-,17+,18-/m0/s1. The van der Waals surface area contributed by atoms with Crippen LogP contribution in [-0.2, 0) is 22.6 Å². The summed E-state index contributed by atoms with van der Waals surface area (Å²) in [7, 11) is 0. The van der Waals surface area contributed by atoms with Gasteiger partial charge in [-0.05, 0) is 30.5 Å². The molecule has 3 atom stereocenters. The lowest BCUT2D eigenvalue weighted by Gasteiger charge is -2.32. The summed E-state index contributed by atoms with van der Waals surface area (Å²) >= 11 is 0. The van der Waals surface area contributed by atoms with Gasteiger partial charge in [-0.15, -0.1) is 0 Å². The van der Waals surface area contributed by atoms with Gasteiger partial charge in [0, 0.05) is 43.7 Å². The predicted molar refractivity (Wildman–Crippen MR) is 84.7 cm³/mol. The molecule has 4 rings (SSSR count). The topological polar surface area (TPSA) is 47.7 Å². The smallest absolute Gasteiger partial charge is 0.100 e. The first-order valence-corrected chi connectivity index (χ1v) is 8.27. The summed E-state index contributed by atoms with van der Waals surface area (Å²) in [6.45, 7) is 3.23. The van der Waals surface area contributed by atoms with Gasteiger partial charge < -0.3 is 13.9 Å². The average Bonchev–Trinajstić information content (AvgIpc) is 3.23. The molecule has 0 unspecified atom stereocenters. The number of rotatable bonds is 5. The highest BCUT2D eigenvalue weighted by Gasteiger charge is 2.44. The second-order valence-electron chi connectivity index (χ2n) is 6.32. The summed E-state index contributed by atoms with van der Waals surface area (Å²) in [5, 5.41) is 0. The Balaban J connectivity index is 1.42. The molecule has 5 heteroatoms. The maximum Gasteiger partial charge on any atom is 0.100 e. The number of furan rings is 1. The van der Waals surface area contributed by atoms with Gasteiger partial charge in [0.25, 0.3) is 0 Å². The van der Waals surface area contributed by atoms with Crippen molar-refractivity contribution in [2.24, 2.45) is 0 Å². The minimum Gasteiger partial charge on any atom is -0.472 e. The van der Waals surface area contributed by atoms with Crippen molar-refractivity contribution in [1.29, 1.82) is 0 Å². The average molecular weight is 314 g/mol. The zero-order chi connectivity index (χ0) is 15.5. The fourth-order valence-corrected chi connectivity index (χ4v) is 3.64. The highest BCUT2D eigenvalue weighted by atomic mass is 16.5. The Morgan fingerprint density at radius 3 is 3.13 bits per heavy atom. The van der Waals surface area contributed by atoms with Crippen LogP contribution in [0, 0.1) is 0 Å². The first kappa shape index (κ1) is 14.9. The van der Waals surface area contributed by atoms with Crippen molar-refractivity contribution < 1.29 is 13.9 Å². The molecular formula is C18H22N2O3. The zero-order valence-corrected chi connectivity index (χ0v) is 13.1. The van der Waals surface area contributed by atoms with Crippen LogP contribution in [0.2, 0.25) is 0 Å². The molecule has 2 aromatic heterocycles. The quantitative estimate of drug-likeness (QED) is 0.849. The molecular weight excluding hydrogens is 292 g/mol. The number of nitrogens with zero attached hydrogens (tertiary/aromatic N) is 2. The molecule has 122 valence electrons. The molecule has 2 aliphatic rings. The minimum atomic E-state index is 0.118. The molecule has 0 saturated carbocycles. The van der Waals surface area contributed by atoms with Crippen molar-refractivity contribution in [3.8, 4) is 0 Å². The Morgan fingerprint density at radius 1 is 1.30 bits per heavy atom. The Bertz CT molecular complexity index is 602. The molecule has 5 nitrogen and oxygen atoms in total. The summed E-state index contributed by atoms with van der Waals surface area (Å²) in [4.78, 5) is 6.62. The first-order valence-electron chi connectivity index (χ1n) is 8.27. The van der Waals surface area contributed by atoms with Gasteiger partial charge in [-0.1, -0.05) is 6.07 Å². The fourth-order valence-electron chi connectivity index (χ4n) is 3.64. The van der Waals surface area contributed by atoms with Crippen LogP contribution in [0.4, 0.5) is 0 Å². The zero-order valence-electron chi connectivity index (χ0n) is 13.1. The molecule has 2 aliphatic heterocycles. The first-order chi connectivity index (χ1) is 11.4. The predicted octanol–water partition coefficient (Wildman–Crippen LogP) is 2.62. The Kier molecular flexibility index (Phi) is 4.41. The number of hydrogen-bond donors (Lipinski definition) is 0. The van der Waals surface area contributed by atoms with Gasteiger partial charge in [0.2, 0.25) is 0 Å². The van der Waals surface area contributed by atoms with Crippen LogP contribution in [0.15, 0.2) is 47.5 Å². The van der Waals surface area contributed by atoms with Crippen LogP contribution >= 0.6 is 0 Å². The molecule has 2 aromatic rings. The number of hydrogen-bond acceptors (Lipinski definition) is 5. The number of likely N-dealkylation sites (tertiary alicyclic amines) is 1. The lowest BCUT2D eigenvalue weighted by Crippen LogP contribution is -2.41. The van der Waals surface area contributed by atoms with Gasteiger partial charge in [-0.3, -0.25) is 9.88 Å². The van der Waals surface area contributed by atoms with E-state index in [0.29, 0.717) is 12.6 Å². The van der Waals surface area contributed by atoms with Crippen molar-refractivity contribution in [2.75, 3.05) is 13.2 Å². The SMILES string of the molecule is c1cncc(CO[C@@H]2CN(Cc3ccoc3)[C@H]3CCCO[C@H]23)c1. The van der Waals surface area contributed by atoms with Crippen LogP contribution in [0.1, 0.15) is 24.0 Å². The van der Waals surface area contributed by atoms with E-state index < -0.39 is 0 Å². The molecule has 0 amide bonds. The van der Waals surface area contributed by atoms with E-state index in [0.717, 1.165) is 31.7 Å². The maximum atomic E-state index is 6.18. The second-order valence-corrected chi connectivity index (χ2v) is 6.32. The molecule has 4 heterocycles. The van der Waals surface area contributed by atoms with Crippen LogP contribution in [0.5, 0.6) is 0 Å². The molecule has 2 fully saturated rings. The monoisotopic (exact) mass is 314 g/mol. The third kappa shape index (κ3) is 3.32. The number of aromatic nitrogens is 1. The van der Waals surface area contributed by atoms with Crippen LogP contribution in [0.25, 0.3) is 0 Å². The third-order valence-corrected chi connectivity index (χ3v) is 4.74. The molecule has 0 radical (unpaired) electrons.